The Bertz CT molecular complexity index is 980. The van der Waals surface area contributed by atoms with Gasteiger partial charge in [-0.2, -0.15) is 0 Å². The van der Waals surface area contributed by atoms with Gasteiger partial charge in [-0.1, -0.05) is 12.1 Å². The molecule has 6 nitrogen and oxygen atoms in total. The van der Waals surface area contributed by atoms with Crippen molar-refractivity contribution in [2.45, 2.75) is 51.4 Å². The second-order valence-electron chi connectivity index (χ2n) is 8.39. The molecule has 1 amide bonds. The molecule has 31 heavy (non-hydrogen) atoms. The molecule has 2 aromatic carbocycles. The van der Waals surface area contributed by atoms with Crippen LogP contribution in [0.3, 0.4) is 0 Å². The van der Waals surface area contributed by atoms with Crippen LogP contribution in [0.5, 0.6) is 5.75 Å². The van der Waals surface area contributed by atoms with Gasteiger partial charge in [0.2, 0.25) is 0 Å². The minimum atomic E-state index is -0.786. The predicted octanol–water partition coefficient (Wildman–Crippen LogP) is 4.85. The highest BCUT2D eigenvalue weighted by atomic mass is 19.1. The van der Waals surface area contributed by atoms with E-state index in [9.17, 15) is 18.4 Å². The summed E-state index contributed by atoms with van der Waals surface area (Å²) in [7, 11) is 1.36. The minimum absolute atomic E-state index is 0.0874. The van der Waals surface area contributed by atoms with Gasteiger partial charge in [-0.25, -0.2) is 18.4 Å². The highest BCUT2D eigenvalue weighted by Gasteiger charge is 2.35. The van der Waals surface area contributed by atoms with Gasteiger partial charge in [0.15, 0.2) is 11.6 Å². The number of hydrogen-bond acceptors (Lipinski definition) is 5. The second kappa shape index (κ2) is 8.91. The minimum Gasteiger partial charge on any atom is -0.494 e. The summed E-state index contributed by atoms with van der Waals surface area (Å²) in [6, 6.07) is 8.11. The van der Waals surface area contributed by atoms with Crippen molar-refractivity contribution in [3.63, 3.8) is 0 Å². The molecule has 0 spiro atoms. The molecule has 8 heteroatoms. The van der Waals surface area contributed by atoms with Crippen LogP contribution in [-0.4, -0.2) is 36.9 Å². The van der Waals surface area contributed by atoms with Gasteiger partial charge in [0.25, 0.3) is 0 Å². The van der Waals surface area contributed by atoms with Gasteiger partial charge in [-0.05, 0) is 56.2 Å². The van der Waals surface area contributed by atoms with Crippen LogP contribution < -0.4 is 10.1 Å². The molecule has 0 atom stereocenters. The van der Waals surface area contributed by atoms with Crippen LogP contribution >= 0.6 is 0 Å². The van der Waals surface area contributed by atoms with E-state index in [1.165, 1.54) is 31.4 Å². The van der Waals surface area contributed by atoms with Crippen LogP contribution in [0.2, 0.25) is 0 Å². The summed E-state index contributed by atoms with van der Waals surface area (Å²) in [5.41, 5.74) is 0.0652. The first-order valence-electron chi connectivity index (χ1n) is 9.89. The zero-order valence-corrected chi connectivity index (χ0v) is 17.8. The average molecular weight is 433 g/mol. The summed E-state index contributed by atoms with van der Waals surface area (Å²) >= 11 is 0. The summed E-state index contributed by atoms with van der Waals surface area (Å²) in [5, 5.41) is 2.70. The largest absolute Gasteiger partial charge is 0.494 e. The number of carbonyl (C=O) groups is 2. The third-order valence-corrected chi connectivity index (χ3v) is 4.76. The Morgan fingerprint density at radius 2 is 1.61 bits per heavy atom. The molecule has 0 unspecified atom stereocenters. The SMILES string of the molecule is COc1ccc(-c2ccc(C(=O)OC3CC(NC(=O)OC(C)(C)C)C3)c(F)c2)cc1F. The molecule has 1 N–H and O–H groups in total. The van der Waals surface area contributed by atoms with Gasteiger partial charge in [0.05, 0.1) is 12.7 Å². The van der Waals surface area contributed by atoms with E-state index in [4.69, 9.17) is 14.2 Å². The molecule has 0 bridgehead atoms. The van der Waals surface area contributed by atoms with E-state index in [0.717, 1.165) is 6.07 Å². The van der Waals surface area contributed by atoms with Gasteiger partial charge in [0, 0.05) is 18.9 Å². The fraction of sp³-hybridized carbons (Fsp3) is 0.391. The van der Waals surface area contributed by atoms with Crippen LogP contribution in [0.25, 0.3) is 11.1 Å². The first-order valence-corrected chi connectivity index (χ1v) is 9.89. The van der Waals surface area contributed by atoms with E-state index < -0.39 is 35.4 Å². The molecule has 1 fully saturated rings. The maximum absolute atomic E-state index is 14.5. The zero-order chi connectivity index (χ0) is 22.8. The van der Waals surface area contributed by atoms with E-state index in [1.54, 1.807) is 26.8 Å². The number of methoxy groups -OCH3 is 1. The Labute approximate surface area is 179 Å². The number of amides is 1. The summed E-state index contributed by atoms with van der Waals surface area (Å²) in [6.07, 6.45) is -0.0906. The van der Waals surface area contributed by atoms with Gasteiger partial charge < -0.3 is 19.5 Å². The van der Waals surface area contributed by atoms with E-state index in [0.29, 0.717) is 24.0 Å². The van der Waals surface area contributed by atoms with Crippen LogP contribution in [0.15, 0.2) is 36.4 Å². The van der Waals surface area contributed by atoms with Crippen molar-refractivity contribution in [3.05, 3.63) is 53.6 Å². The monoisotopic (exact) mass is 433 g/mol. The van der Waals surface area contributed by atoms with Crippen LogP contribution in [0, 0.1) is 11.6 Å². The lowest BCUT2D eigenvalue weighted by Crippen LogP contribution is -2.49. The zero-order valence-electron chi connectivity index (χ0n) is 17.8. The molecule has 1 aliphatic carbocycles. The van der Waals surface area contributed by atoms with Gasteiger partial charge >= 0.3 is 12.1 Å². The summed E-state index contributed by atoms with van der Waals surface area (Å²) < 4.78 is 43.8. The van der Waals surface area contributed by atoms with Crippen LogP contribution in [0.1, 0.15) is 44.0 Å². The maximum atomic E-state index is 14.5. The lowest BCUT2D eigenvalue weighted by molar-refractivity contribution is -0.00524. The van der Waals surface area contributed by atoms with Crippen molar-refractivity contribution >= 4 is 12.1 Å². The fourth-order valence-electron chi connectivity index (χ4n) is 3.17. The van der Waals surface area contributed by atoms with Gasteiger partial charge in [-0.15, -0.1) is 0 Å². The predicted molar refractivity (Wildman–Crippen MR) is 110 cm³/mol. The Kier molecular flexibility index (Phi) is 6.48. The number of esters is 1. The number of alkyl carbamates (subject to hydrolysis) is 1. The molecule has 166 valence electrons. The highest BCUT2D eigenvalue weighted by molar-refractivity contribution is 5.90. The number of hydrogen-bond donors (Lipinski definition) is 1. The van der Waals surface area contributed by atoms with E-state index in [-0.39, 0.29) is 17.4 Å². The molecule has 3 rings (SSSR count). The van der Waals surface area contributed by atoms with Crippen molar-refractivity contribution in [2.24, 2.45) is 0 Å². The molecule has 0 saturated heterocycles. The second-order valence-corrected chi connectivity index (χ2v) is 8.39. The molecule has 2 aromatic rings. The number of ether oxygens (including phenoxy) is 3. The Hall–Kier alpha value is -3.16. The maximum Gasteiger partial charge on any atom is 0.407 e. The van der Waals surface area contributed by atoms with E-state index in [2.05, 4.69) is 5.32 Å². The van der Waals surface area contributed by atoms with Crippen molar-refractivity contribution in [3.8, 4) is 16.9 Å². The third kappa shape index (κ3) is 5.71. The number of halogens is 2. The first-order chi connectivity index (χ1) is 14.6. The Balaban J connectivity index is 1.56. The number of benzene rings is 2. The first kappa shape index (κ1) is 22.5. The smallest absolute Gasteiger partial charge is 0.407 e. The molecule has 0 aromatic heterocycles. The lowest BCUT2D eigenvalue weighted by Gasteiger charge is -2.35. The topological polar surface area (TPSA) is 73.9 Å². The average Bonchev–Trinajstić information content (AvgIpc) is 2.64. The van der Waals surface area contributed by atoms with Crippen molar-refractivity contribution in [2.75, 3.05) is 7.11 Å². The van der Waals surface area contributed by atoms with E-state index >= 15 is 0 Å². The molecule has 1 aliphatic rings. The number of rotatable bonds is 5. The summed E-state index contributed by atoms with van der Waals surface area (Å²) in [4.78, 5) is 24.1. The van der Waals surface area contributed by atoms with Crippen molar-refractivity contribution in [1.82, 2.24) is 5.32 Å². The van der Waals surface area contributed by atoms with Crippen LogP contribution in [0.4, 0.5) is 13.6 Å². The third-order valence-electron chi connectivity index (χ3n) is 4.76. The molecular formula is C23H25F2NO5. The molecular weight excluding hydrogens is 408 g/mol. The van der Waals surface area contributed by atoms with E-state index in [1.807, 2.05) is 0 Å². The summed E-state index contributed by atoms with van der Waals surface area (Å²) in [5.74, 6) is -2.03. The van der Waals surface area contributed by atoms with Gasteiger partial charge in [0.1, 0.15) is 17.5 Å². The normalized spacial score (nSPS) is 18.0. The number of carbonyl (C=O) groups excluding carboxylic acids is 2. The fourth-order valence-corrected chi connectivity index (χ4v) is 3.17. The van der Waals surface area contributed by atoms with Crippen LogP contribution in [-0.2, 0) is 9.47 Å². The standard InChI is InChI=1S/C23H25F2NO5/c1-23(2,3)31-22(28)26-15-11-16(12-15)30-21(27)17-7-5-13(9-18(17)24)14-6-8-20(29-4)19(25)10-14/h5-10,15-16H,11-12H2,1-4H3,(H,26,28). The van der Waals surface area contributed by atoms with Crippen molar-refractivity contribution in [1.29, 1.82) is 0 Å². The van der Waals surface area contributed by atoms with Crippen molar-refractivity contribution < 1.29 is 32.6 Å². The Morgan fingerprint density at radius 1 is 1.00 bits per heavy atom. The molecule has 0 aliphatic heterocycles. The highest BCUT2D eigenvalue weighted by Crippen LogP contribution is 2.29. The Morgan fingerprint density at radius 3 is 2.16 bits per heavy atom. The quantitative estimate of drug-likeness (QED) is 0.682. The van der Waals surface area contributed by atoms with Gasteiger partial charge in [-0.3, -0.25) is 0 Å². The summed E-state index contributed by atoms with van der Waals surface area (Å²) in [6.45, 7) is 5.30. The lowest BCUT2D eigenvalue weighted by atomic mass is 9.89. The molecule has 0 heterocycles. The number of nitrogens with one attached hydrogen (secondary N) is 1. The molecule has 0 radical (unpaired) electrons. The molecule has 1 saturated carbocycles.